The normalized spacial score (nSPS) is 15.3. The molecule has 2 heterocycles. The number of para-hydroxylation sites is 1. The highest BCUT2D eigenvalue weighted by molar-refractivity contribution is 6.33. The fraction of sp³-hybridized carbons (Fsp3) is 0.238. The van der Waals surface area contributed by atoms with Gasteiger partial charge in [0.1, 0.15) is 5.82 Å². The smallest absolute Gasteiger partial charge is 0.258 e. The summed E-state index contributed by atoms with van der Waals surface area (Å²) in [5.41, 5.74) is 2.15. The van der Waals surface area contributed by atoms with E-state index in [1.165, 1.54) is 17.7 Å². The number of carbonyl (C=O) groups excluding carboxylic acids is 1. The van der Waals surface area contributed by atoms with Crippen molar-refractivity contribution >= 4 is 28.4 Å². The van der Waals surface area contributed by atoms with Crippen LogP contribution in [0, 0.1) is 5.82 Å². The molecular weight excluding hydrogens is 365 g/mol. The van der Waals surface area contributed by atoms with Crippen molar-refractivity contribution in [2.24, 2.45) is 0 Å². The Kier molecular flexibility index (Phi) is 5.05. The lowest BCUT2D eigenvalue weighted by molar-refractivity contribution is 0.0624. The van der Waals surface area contributed by atoms with E-state index in [0.29, 0.717) is 13.1 Å². The Morgan fingerprint density at radius 2 is 1.78 bits per heavy atom. The number of aromatic nitrogens is 1. The van der Waals surface area contributed by atoms with Crippen molar-refractivity contribution in [2.45, 2.75) is 6.54 Å². The van der Waals surface area contributed by atoms with E-state index < -0.39 is 5.82 Å². The maximum absolute atomic E-state index is 14.0. The summed E-state index contributed by atoms with van der Waals surface area (Å²) in [6.45, 7) is 3.31. The van der Waals surface area contributed by atoms with Crippen molar-refractivity contribution in [2.75, 3.05) is 26.2 Å². The zero-order valence-corrected chi connectivity index (χ0v) is 15.5. The standard InChI is InChI=1S/C21H19ClFN3O/c22-17-7-2-8-18(23)19(17)21(27)26-12-10-25(11-13-26)14-16-5-1-4-15-6-3-9-24-20(15)16/h1-9H,10-14H2. The van der Waals surface area contributed by atoms with E-state index in [9.17, 15) is 9.18 Å². The molecule has 1 saturated heterocycles. The Labute approximate surface area is 162 Å². The van der Waals surface area contributed by atoms with Gasteiger partial charge in [-0.25, -0.2) is 4.39 Å². The molecule has 1 aromatic heterocycles. The minimum Gasteiger partial charge on any atom is -0.336 e. The minimum absolute atomic E-state index is 0.0362. The van der Waals surface area contributed by atoms with Crippen LogP contribution in [0.25, 0.3) is 10.9 Å². The molecule has 0 spiro atoms. The largest absolute Gasteiger partial charge is 0.336 e. The summed E-state index contributed by atoms with van der Waals surface area (Å²) in [6, 6.07) is 14.5. The van der Waals surface area contributed by atoms with Crippen LogP contribution < -0.4 is 0 Å². The minimum atomic E-state index is -0.572. The lowest BCUT2D eigenvalue weighted by Gasteiger charge is -2.35. The van der Waals surface area contributed by atoms with Gasteiger partial charge < -0.3 is 4.90 Å². The zero-order valence-electron chi connectivity index (χ0n) is 14.7. The molecule has 0 unspecified atom stereocenters. The fourth-order valence-corrected chi connectivity index (χ4v) is 3.75. The summed E-state index contributed by atoms with van der Waals surface area (Å²) < 4.78 is 14.0. The van der Waals surface area contributed by atoms with Crippen molar-refractivity contribution in [3.05, 3.63) is 76.7 Å². The lowest BCUT2D eigenvalue weighted by Crippen LogP contribution is -2.48. The summed E-state index contributed by atoms with van der Waals surface area (Å²) in [5.74, 6) is -0.915. The lowest BCUT2D eigenvalue weighted by atomic mass is 10.1. The Morgan fingerprint density at radius 1 is 1.04 bits per heavy atom. The van der Waals surface area contributed by atoms with E-state index in [1.807, 2.05) is 12.1 Å². The SMILES string of the molecule is O=C(c1c(F)cccc1Cl)N1CCN(Cc2cccc3cccnc23)CC1. The van der Waals surface area contributed by atoms with Crippen LogP contribution in [0.4, 0.5) is 4.39 Å². The maximum atomic E-state index is 14.0. The number of halogens is 2. The van der Waals surface area contributed by atoms with Gasteiger partial charge in [-0.1, -0.05) is 41.9 Å². The molecule has 27 heavy (non-hydrogen) atoms. The number of carbonyl (C=O) groups is 1. The van der Waals surface area contributed by atoms with Crippen molar-refractivity contribution in [1.82, 2.24) is 14.8 Å². The quantitative estimate of drug-likeness (QED) is 0.686. The van der Waals surface area contributed by atoms with Gasteiger partial charge in [-0.05, 0) is 23.8 Å². The third-order valence-electron chi connectivity index (χ3n) is 4.95. The molecule has 0 N–H and O–H groups in total. The van der Waals surface area contributed by atoms with Gasteiger partial charge in [0, 0.05) is 44.3 Å². The number of amides is 1. The van der Waals surface area contributed by atoms with Gasteiger partial charge in [0.05, 0.1) is 16.1 Å². The van der Waals surface area contributed by atoms with Gasteiger partial charge in [0.25, 0.3) is 5.91 Å². The van der Waals surface area contributed by atoms with Crippen LogP contribution in [0.5, 0.6) is 0 Å². The highest BCUT2D eigenvalue weighted by atomic mass is 35.5. The van der Waals surface area contributed by atoms with Crippen molar-refractivity contribution in [3.8, 4) is 0 Å². The number of benzene rings is 2. The summed E-state index contributed by atoms with van der Waals surface area (Å²) >= 11 is 6.03. The highest BCUT2D eigenvalue weighted by Gasteiger charge is 2.26. The van der Waals surface area contributed by atoms with Gasteiger partial charge in [0.15, 0.2) is 0 Å². The highest BCUT2D eigenvalue weighted by Crippen LogP contribution is 2.22. The van der Waals surface area contributed by atoms with Crippen molar-refractivity contribution in [3.63, 3.8) is 0 Å². The molecule has 138 valence electrons. The van der Waals surface area contributed by atoms with Crippen LogP contribution in [0.2, 0.25) is 5.02 Å². The average molecular weight is 384 g/mol. The molecule has 1 fully saturated rings. The molecule has 4 rings (SSSR count). The number of hydrogen-bond acceptors (Lipinski definition) is 3. The van der Waals surface area contributed by atoms with E-state index in [1.54, 1.807) is 17.2 Å². The molecule has 0 radical (unpaired) electrons. The number of piperazine rings is 1. The molecule has 4 nitrogen and oxygen atoms in total. The molecule has 2 aromatic carbocycles. The molecule has 3 aromatic rings. The topological polar surface area (TPSA) is 36.4 Å². The predicted molar refractivity (Wildman–Crippen MR) is 104 cm³/mol. The fourth-order valence-electron chi connectivity index (χ4n) is 3.51. The Balaban J connectivity index is 1.44. The number of rotatable bonds is 3. The third kappa shape index (κ3) is 3.66. The number of fused-ring (bicyclic) bond motifs is 1. The summed E-state index contributed by atoms with van der Waals surface area (Å²) in [6.07, 6.45) is 1.81. The van der Waals surface area contributed by atoms with Gasteiger partial charge in [-0.3, -0.25) is 14.7 Å². The molecule has 0 bridgehead atoms. The second-order valence-electron chi connectivity index (χ2n) is 6.66. The predicted octanol–water partition coefficient (Wildman–Crippen LogP) is 3.99. The van der Waals surface area contributed by atoms with Gasteiger partial charge in [-0.2, -0.15) is 0 Å². The monoisotopic (exact) mass is 383 g/mol. The molecule has 0 atom stereocenters. The molecule has 0 saturated carbocycles. The average Bonchev–Trinajstić information content (AvgIpc) is 2.69. The maximum Gasteiger partial charge on any atom is 0.258 e. The third-order valence-corrected chi connectivity index (χ3v) is 5.26. The summed E-state index contributed by atoms with van der Waals surface area (Å²) in [5, 5.41) is 1.28. The molecule has 0 aliphatic carbocycles. The van der Waals surface area contributed by atoms with Crippen LogP contribution >= 0.6 is 11.6 Å². The van der Waals surface area contributed by atoms with Crippen LogP contribution in [-0.2, 0) is 6.54 Å². The summed E-state index contributed by atoms with van der Waals surface area (Å²) in [4.78, 5) is 21.1. The number of pyridine rings is 1. The van der Waals surface area contributed by atoms with E-state index in [2.05, 4.69) is 28.1 Å². The molecule has 6 heteroatoms. The van der Waals surface area contributed by atoms with Crippen LogP contribution in [0.1, 0.15) is 15.9 Å². The van der Waals surface area contributed by atoms with E-state index >= 15 is 0 Å². The van der Waals surface area contributed by atoms with Crippen LogP contribution in [0.15, 0.2) is 54.7 Å². The first-order valence-electron chi connectivity index (χ1n) is 8.92. The first-order valence-corrected chi connectivity index (χ1v) is 9.29. The second kappa shape index (κ2) is 7.62. The number of nitrogens with zero attached hydrogens (tertiary/aromatic N) is 3. The Morgan fingerprint density at radius 3 is 2.56 bits per heavy atom. The molecular formula is C21H19ClFN3O. The van der Waals surface area contributed by atoms with Crippen molar-refractivity contribution in [1.29, 1.82) is 0 Å². The second-order valence-corrected chi connectivity index (χ2v) is 7.06. The van der Waals surface area contributed by atoms with Gasteiger partial charge in [0.2, 0.25) is 0 Å². The molecule has 1 amide bonds. The molecule has 1 aliphatic heterocycles. The van der Waals surface area contributed by atoms with E-state index in [0.717, 1.165) is 30.5 Å². The summed E-state index contributed by atoms with van der Waals surface area (Å²) in [7, 11) is 0. The van der Waals surface area contributed by atoms with Crippen LogP contribution in [-0.4, -0.2) is 46.9 Å². The first kappa shape index (κ1) is 17.9. The molecule has 1 aliphatic rings. The zero-order chi connectivity index (χ0) is 18.8. The first-order chi connectivity index (χ1) is 13.1. The van der Waals surface area contributed by atoms with Gasteiger partial charge in [-0.15, -0.1) is 0 Å². The van der Waals surface area contributed by atoms with E-state index in [-0.39, 0.29) is 16.5 Å². The van der Waals surface area contributed by atoms with Gasteiger partial charge >= 0.3 is 0 Å². The van der Waals surface area contributed by atoms with E-state index in [4.69, 9.17) is 11.6 Å². The van der Waals surface area contributed by atoms with Crippen molar-refractivity contribution < 1.29 is 9.18 Å². The number of hydrogen-bond donors (Lipinski definition) is 0. The Bertz CT molecular complexity index is 961. The Hall–Kier alpha value is -2.50. The van der Waals surface area contributed by atoms with Crippen LogP contribution in [0.3, 0.4) is 0 Å².